The molecular formula is C15H14FN3O2. The predicted octanol–water partition coefficient (Wildman–Crippen LogP) is 1.68. The van der Waals surface area contributed by atoms with E-state index in [1.54, 1.807) is 31.3 Å². The fourth-order valence-electron chi connectivity index (χ4n) is 2.32. The van der Waals surface area contributed by atoms with Crippen molar-refractivity contribution in [3.63, 3.8) is 0 Å². The molecule has 5 nitrogen and oxygen atoms in total. The van der Waals surface area contributed by atoms with Gasteiger partial charge in [-0.05, 0) is 19.1 Å². The Morgan fingerprint density at radius 1 is 1.33 bits per heavy atom. The van der Waals surface area contributed by atoms with E-state index in [4.69, 9.17) is 0 Å². The van der Waals surface area contributed by atoms with Crippen molar-refractivity contribution >= 4 is 5.52 Å². The Morgan fingerprint density at radius 3 is 2.86 bits per heavy atom. The van der Waals surface area contributed by atoms with Gasteiger partial charge in [0.15, 0.2) is 0 Å². The molecule has 0 saturated heterocycles. The second-order valence-electron chi connectivity index (χ2n) is 4.91. The maximum Gasteiger partial charge on any atom is 0.276 e. The zero-order valence-electron chi connectivity index (χ0n) is 11.4. The van der Waals surface area contributed by atoms with Crippen LogP contribution in [0, 0.1) is 12.7 Å². The Bertz CT molecular complexity index is 853. The molecule has 2 heterocycles. The normalized spacial score (nSPS) is 12.7. The second-order valence-corrected chi connectivity index (χ2v) is 4.91. The molecule has 21 heavy (non-hydrogen) atoms. The fraction of sp³-hybridized carbons (Fsp3) is 0.200. The summed E-state index contributed by atoms with van der Waals surface area (Å²) in [4.78, 5) is 12.3. The summed E-state index contributed by atoms with van der Waals surface area (Å²) in [5.74, 6) is -0.487. The molecular weight excluding hydrogens is 273 g/mol. The second kappa shape index (κ2) is 5.14. The zero-order valence-corrected chi connectivity index (χ0v) is 11.4. The van der Waals surface area contributed by atoms with Crippen molar-refractivity contribution in [2.75, 3.05) is 0 Å². The molecule has 3 rings (SSSR count). The van der Waals surface area contributed by atoms with Gasteiger partial charge in [-0.15, -0.1) is 0 Å². The van der Waals surface area contributed by atoms with Crippen LogP contribution in [-0.2, 0) is 6.54 Å². The van der Waals surface area contributed by atoms with Crippen molar-refractivity contribution < 1.29 is 9.50 Å². The van der Waals surface area contributed by atoms with Crippen LogP contribution >= 0.6 is 0 Å². The van der Waals surface area contributed by atoms with Gasteiger partial charge in [-0.2, -0.15) is 5.10 Å². The number of aliphatic hydroxyl groups is 1. The van der Waals surface area contributed by atoms with Crippen LogP contribution in [0.1, 0.15) is 17.4 Å². The van der Waals surface area contributed by atoms with Crippen LogP contribution in [0.25, 0.3) is 5.52 Å². The minimum absolute atomic E-state index is 0.0134. The molecule has 0 fully saturated rings. The van der Waals surface area contributed by atoms with E-state index in [1.807, 2.05) is 0 Å². The van der Waals surface area contributed by atoms with Crippen molar-refractivity contribution in [3.8, 4) is 0 Å². The number of aliphatic hydroxyl groups excluding tert-OH is 1. The van der Waals surface area contributed by atoms with E-state index in [0.717, 1.165) is 5.69 Å². The van der Waals surface area contributed by atoms with Gasteiger partial charge in [0.1, 0.15) is 11.3 Å². The average molecular weight is 287 g/mol. The third kappa shape index (κ3) is 2.45. The lowest BCUT2D eigenvalue weighted by molar-refractivity contribution is 0.150. The molecule has 0 aliphatic carbocycles. The topological polar surface area (TPSA) is 59.5 Å². The van der Waals surface area contributed by atoms with E-state index in [1.165, 1.54) is 27.4 Å². The highest BCUT2D eigenvalue weighted by Gasteiger charge is 2.14. The van der Waals surface area contributed by atoms with Gasteiger partial charge in [0.05, 0.1) is 18.3 Å². The SMILES string of the molecule is Cc1cc2c(=O)n(CC(O)c3ccccc3F)ccn2n1. The molecule has 1 N–H and O–H groups in total. The molecule has 0 bridgehead atoms. The maximum atomic E-state index is 13.6. The fourth-order valence-corrected chi connectivity index (χ4v) is 2.32. The van der Waals surface area contributed by atoms with Crippen molar-refractivity contribution in [2.45, 2.75) is 19.6 Å². The van der Waals surface area contributed by atoms with Gasteiger partial charge in [-0.1, -0.05) is 18.2 Å². The van der Waals surface area contributed by atoms with E-state index in [9.17, 15) is 14.3 Å². The Balaban J connectivity index is 1.97. The minimum atomic E-state index is -1.09. The van der Waals surface area contributed by atoms with Gasteiger partial charge in [0.25, 0.3) is 5.56 Å². The highest BCUT2D eigenvalue weighted by atomic mass is 19.1. The molecule has 1 unspecified atom stereocenters. The Labute approximate surface area is 119 Å². The first-order valence-corrected chi connectivity index (χ1v) is 6.54. The molecule has 1 aromatic carbocycles. The maximum absolute atomic E-state index is 13.6. The summed E-state index contributed by atoms with van der Waals surface area (Å²) < 4.78 is 16.5. The number of aromatic nitrogens is 3. The molecule has 0 aliphatic heterocycles. The number of hydrogen-bond donors (Lipinski definition) is 1. The summed E-state index contributed by atoms with van der Waals surface area (Å²) in [5, 5.41) is 14.3. The first-order chi connectivity index (χ1) is 10.1. The molecule has 2 aromatic heterocycles. The van der Waals surface area contributed by atoms with Gasteiger partial charge < -0.3 is 9.67 Å². The first-order valence-electron chi connectivity index (χ1n) is 6.54. The average Bonchev–Trinajstić information content (AvgIpc) is 2.84. The lowest BCUT2D eigenvalue weighted by Crippen LogP contribution is -2.24. The number of nitrogens with zero attached hydrogens (tertiary/aromatic N) is 3. The van der Waals surface area contributed by atoms with Gasteiger partial charge in [0, 0.05) is 18.0 Å². The molecule has 0 aliphatic rings. The van der Waals surface area contributed by atoms with Crippen LogP contribution < -0.4 is 5.56 Å². The van der Waals surface area contributed by atoms with Crippen molar-refractivity contribution in [3.05, 3.63) is 70.2 Å². The summed E-state index contributed by atoms with van der Waals surface area (Å²) in [7, 11) is 0. The third-order valence-electron chi connectivity index (χ3n) is 3.36. The Morgan fingerprint density at radius 2 is 2.10 bits per heavy atom. The van der Waals surface area contributed by atoms with Crippen molar-refractivity contribution in [1.82, 2.24) is 14.2 Å². The largest absolute Gasteiger partial charge is 0.386 e. The van der Waals surface area contributed by atoms with Crippen molar-refractivity contribution in [1.29, 1.82) is 0 Å². The van der Waals surface area contributed by atoms with E-state index in [0.29, 0.717) is 5.52 Å². The molecule has 0 spiro atoms. The van der Waals surface area contributed by atoms with E-state index < -0.39 is 11.9 Å². The van der Waals surface area contributed by atoms with Crippen LogP contribution in [-0.4, -0.2) is 19.3 Å². The molecule has 0 radical (unpaired) electrons. The summed E-state index contributed by atoms with van der Waals surface area (Å²) >= 11 is 0. The Kier molecular flexibility index (Phi) is 3.31. The van der Waals surface area contributed by atoms with Gasteiger partial charge in [-0.3, -0.25) is 4.79 Å². The summed E-state index contributed by atoms with van der Waals surface area (Å²) in [6.45, 7) is 1.78. The summed E-state index contributed by atoms with van der Waals surface area (Å²) in [6.07, 6.45) is 2.08. The number of benzene rings is 1. The van der Waals surface area contributed by atoms with Crippen molar-refractivity contribution in [2.24, 2.45) is 0 Å². The molecule has 0 saturated carbocycles. The molecule has 3 aromatic rings. The predicted molar refractivity (Wildman–Crippen MR) is 75.5 cm³/mol. The number of rotatable bonds is 3. The lowest BCUT2D eigenvalue weighted by atomic mass is 10.1. The minimum Gasteiger partial charge on any atom is -0.386 e. The first kappa shape index (κ1) is 13.5. The van der Waals surface area contributed by atoms with Gasteiger partial charge in [0.2, 0.25) is 0 Å². The van der Waals surface area contributed by atoms with Crippen LogP contribution in [0.4, 0.5) is 4.39 Å². The molecule has 0 amide bonds. The van der Waals surface area contributed by atoms with Gasteiger partial charge >= 0.3 is 0 Å². The third-order valence-corrected chi connectivity index (χ3v) is 3.36. The number of halogens is 1. The van der Waals surface area contributed by atoms with E-state index in [2.05, 4.69) is 5.10 Å². The highest BCUT2D eigenvalue weighted by Crippen LogP contribution is 2.17. The number of aryl methyl sites for hydroxylation is 1. The zero-order chi connectivity index (χ0) is 15.0. The molecule has 108 valence electrons. The summed E-state index contributed by atoms with van der Waals surface area (Å²) in [6, 6.07) is 7.67. The van der Waals surface area contributed by atoms with Crippen LogP contribution in [0.2, 0.25) is 0 Å². The van der Waals surface area contributed by atoms with Gasteiger partial charge in [-0.25, -0.2) is 8.91 Å². The van der Waals surface area contributed by atoms with E-state index >= 15 is 0 Å². The highest BCUT2D eigenvalue weighted by molar-refractivity contribution is 5.44. The van der Waals surface area contributed by atoms with Crippen LogP contribution in [0.3, 0.4) is 0 Å². The molecule has 6 heteroatoms. The van der Waals surface area contributed by atoms with Crippen LogP contribution in [0.5, 0.6) is 0 Å². The Hall–Kier alpha value is -2.47. The standard InChI is InChI=1S/C15H14FN3O2/c1-10-8-13-15(21)18(6-7-19(13)17-10)9-14(20)11-4-2-3-5-12(11)16/h2-8,14,20H,9H2,1H3. The smallest absolute Gasteiger partial charge is 0.276 e. The van der Waals surface area contributed by atoms with E-state index in [-0.39, 0.29) is 17.7 Å². The molecule has 1 atom stereocenters. The lowest BCUT2D eigenvalue weighted by Gasteiger charge is -2.13. The number of fused-ring (bicyclic) bond motifs is 1. The monoisotopic (exact) mass is 287 g/mol. The summed E-state index contributed by atoms with van der Waals surface area (Å²) in [5.41, 5.74) is 1.07. The quantitative estimate of drug-likeness (QED) is 0.797. The van der Waals surface area contributed by atoms with Crippen LogP contribution in [0.15, 0.2) is 47.5 Å². The number of hydrogen-bond acceptors (Lipinski definition) is 3.